The molecule has 4 nitrogen and oxygen atoms in total. The SMILES string of the molecule is CNc1ncc(Br)cc1C(=O)NCCc1cccs1. The van der Waals surface area contributed by atoms with Crippen LogP contribution in [0, 0.1) is 0 Å². The van der Waals surface area contributed by atoms with Crippen LogP contribution < -0.4 is 10.6 Å². The molecule has 0 aliphatic rings. The topological polar surface area (TPSA) is 54.0 Å². The molecule has 100 valence electrons. The van der Waals surface area contributed by atoms with Crippen LogP contribution in [0.5, 0.6) is 0 Å². The molecule has 0 saturated heterocycles. The van der Waals surface area contributed by atoms with E-state index in [1.54, 1.807) is 30.6 Å². The van der Waals surface area contributed by atoms with Crippen molar-refractivity contribution in [3.63, 3.8) is 0 Å². The zero-order chi connectivity index (χ0) is 13.7. The summed E-state index contributed by atoms with van der Waals surface area (Å²) in [4.78, 5) is 17.5. The van der Waals surface area contributed by atoms with E-state index >= 15 is 0 Å². The summed E-state index contributed by atoms with van der Waals surface area (Å²) in [6, 6.07) is 5.84. The molecule has 0 unspecified atom stereocenters. The van der Waals surface area contributed by atoms with Crippen molar-refractivity contribution < 1.29 is 4.79 Å². The highest BCUT2D eigenvalue weighted by atomic mass is 79.9. The van der Waals surface area contributed by atoms with Gasteiger partial charge in [0.2, 0.25) is 0 Å². The quantitative estimate of drug-likeness (QED) is 0.880. The molecule has 2 N–H and O–H groups in total. The van der Waals surface area contributed by atoms with Crippen molar-refractivity contribution in [1.29, 1.82) is 0 Å². The predicted octanol–water partition coefficient (Wildman–Crippen LogP) is 2.92. The van der Waals surface area contributed by atoms with E-state index in [-0.39, 0.29) is 5.91 Å². The zero-order valence-corrected chi connectivity index (χ0v) is 12.8. The number of pyridine rings is 1. The van der Waals surface area contributed by atoms with Gasteiger partial charge < -0.3 is 10.6 Å². The maximum absolute atomic E-state index is 12.1. The summed E-state index contributed by atoms with van der Waals surface area (Å²) in [6.45, 7) is 0.620. The van der Waals surface area contributed by atoms with Crippen molar-refractivity contribution >= 4 is 39.0 Å². The van der Waals surface area contributed by atoms with Crippen LogP contribution in [0.4, 0.5) is 5.82 Å². The Labute approximate surface area is 124 Å². The number of amides is 1. The van der Waals surface area contributed by atoms with E-state index in [2.05, 4.69) is 37.6 Å². The first-order valence-electron chi connectivity index (χ1n) is 5.84. The van der Waals surface area contributed by atoms with Crippen molar-refractivity contribution in [1.82, 2.24) is 10.3 Å². The molecular formula is C13H14BrN3OS. The fourth-order valence-electron chi connectivity index (χ4n) is 1.66. The van der Waals surface area contributed by atoms with Gasteiger partial charge in [-0.1, -0.05) is 6.07 Å². The van der Waals surface area contributed by atoms with Gasteiger partial charge in [0.15, 0.2) is 0 Å². The number of carbonyl (C=O) groups excluding carboxylic acids is 1. The lowest BCUT2D eigenvalue weighted by Gasteiger charge is -2.09. The van der Waals surface area contributed by atoms with E-state index in [0.29, 0.717) is 17.9 Å². The summed E-state index contributed by atoms with van der Waals surface area (Å²) in [7, 11) is 1.75. The Kier molecular flexibility index (Phi) is 4.93. The monoisotopic (exact) mass is 339 g/mol. The first-order chi connectivity index (χ1) is 9.20. The van der Waals surface area contributed by atoms with Crippen LogP contribution in [0.1, 0.15) is 15.2 Å². The number of nitrogens with zero attached hydrogens (tertiary/aromatic N) is 1. The predicted molar refractivity (Wildman–Crippen MR) is 81.8 cm³/mol. The van der Waals surface area contributed by atoms with E-state index in [1.807, 2.05) is 11.4 Å². The fraction of sp³-hybridized carbons (Fsp3) is 0.231. The van der Waals surface area contributed by atoms with E-state index < -0.39 is 0 Å². The number of aromatic nitrogens is 1. The highest BCUT2D eigenvalue weighted by Crippen LogP contribution is 2.17. The standard InChI is InChI=1S/C13H14BrN3OS/c1-15-12-11(7-9(14)8-17-12)13(18)16-5-4-10-3-2-6-19-10/h2-3,6-8H,4-5H2,1H3,(H,15,17)(H,16,18). The third kappa shape index (κ3) is 3.78. The van der Waals surface area contributed by atoms with Crippen molar-refractivity contribution in [2.24, 2.45) is 0 Å². The minimum atomic E-state index is -0.116. The summed E-state index contributed by atoms with van der Waals surface area (Å²) in [5, 5.41) is 7.86. The highest BCUT2D eigenvalue weighted by molar-refractivity contribution is 9.10. The Morgan fingerprint density at radius 2 is 2.37 bits per heavy atom. The number of rotatable bonds is 5. The number of hydrogen-bond acceptors (Lipinski definition) is 4. The number of halogens is 1. The first kappa shape index (κ1) is 14.0. The second-order valence-electron chi connectivity index (χ2n) is 3.88. The van der Waals surface area contributed by atoms with Crippen LogP contribution in [0.25, 0.3) is 0 Å². The van der Waals surface area contributed by atoms with E-state index in [0.717, 1.165) is 10.9 Å². The molecule has 2 aromatic rings. The molecule has 2 rings (SSSR count). The zero-order valence-electron chi connectivity index (χ0n) is 10.4. The lowest BCUT2D eigenvalue weighted by atomic mass is 10.2. The second-order valence-corrected chi connectivity index (χ2v) is 5.83. The molecule has 6 heteroatoms. The minimum absolute atomic E-state index is 0.116. The Morgan fingerprint density at radius 1 is 1.53 bits per heavy atom. The Hall–Kier alpha value is -1.40. The smallest absolute Gasteiger partial charge is 0.255 e. The van der Waals surface area contributed by atoms with Gasteiger partial charge in [0, 0.05) is 29.1 Å². The van der Waals surface area contributed by atoms with E-state index in [1.165, 1.54) is 4.88 Å². The van der Waals surface area contributed by atoms with Gasteiger partial charge in [0.1, 0.15) is 5.82 Å². The Balaban J connectivity index is 1.97. The molecule has 0 saturated carbocycles. The molecule has 0 aliphatic heterocycles. The summed E-state index contributed by atoms with van der Waals surface area (Å²) in [5.74, 6) is 0.464. The number of anilines is 1. The molecule has 0 radical (unpaired) electrons. The highest BCUT2D eigenvalue weighted by Gasteiger charge is 2.12. The summed E-state index contributed by atoms with van der Waals surface area (Å²) >= 11 is 5.02. The summed E-state index contributed by atoms with van der Waals surface area (Å²) in [5.41, 5.74) is 0.544. The molecular weight excluding hydrogens is 326 g/mol. The maximum Gasteiger partial charge on any atom is 0.255 e. The van der Waals surface area contributed by atoms with Gasteiger partial charge in [-0.05, 0) is 39.9 Å². The molecule has 0 bridgehead atoms. The normalized spacial score (nSPS) is 10.2. The average Bonchev–Trinajstić information content (AvgIpc) is 2.91. The third-order valence-electron chi connectivity index (χ3n) is 2.57. The second kappa shape index (κ2) is 6.68. The van der Waals surface area contributed by atoms with Gasteiger partial charge in [0.25, 0.3) is 5.91 Å². The van der Waals surface area contributed by atoms with Gasteiger partial charge in [0.05, 0.1) is 5.56 Å². The first-order valence-corrected chi connectivity index (χ1v) is 7.52. The molecule has 0 spiro atoms. The van der Waals surface area contributed by atoms with Crippen molar-refractivity contribution in [3.8, 4) is 0 Å². The molecule has 0 atom stereocenters. The van der Waals surface area contributed by atoms with Gasteiger partial charge >= 0.3 is 0 Å². The molecule has 2 aromatic heterocycles. The minimum Gasteiger partial charge on any atom is -0.372 e. The summed E-state index contributed by atoms with van der Waals surface area (Å²) in [6.07, 6.45) is 2.51. The van der Waals surface area contributed by atoms with Gasteiger partial charge in [-0.2, -0.15) is 0 Å². The van der Waals surface area contributed by atoms with Crippen LogP contribution in [-0.4, -0.2) is 24.5 Å². The number of nitrogens with one attached hydrogen (secondary N) is 2. The van der Waals surface area contributed by atoms with Gasteiger partial charge in [-0.3, -0.25) is 4.79 Å². The molecule has 1 amide bonds. The lowest BCUT2D eigenvalue weighted by Crippen LogP contribution is -2.26. The van der Waals surface area contributed by atoms with E-state index in [9.17, 15) is 4.79 Å². The number of hydrogen-bond donors (Lipinski definition) is 2. The van der Waals surface area contributed by atoms with Gasteiger partial charge in [-0.25, -0.2) is 4.98 Å². The van der Waals surface area contributed by atoms with Gasteiger partial charge in [-0.15, -0.1) is 11.3 Å². The van der Waals surface area contributed by atoms with E-state index in [4.69, 9.17) is 0 Å². The number of thiophene rings is 1. The maximum atomic E-state index is 12.1. The third-order valence-corrected chi connectivity index (χ3v) is 3.94. The molecule has 0 aliphatic carbocycles. The van der Waals surface area contributed by atoms with Crippen molar-refractivity contribution in [2.75, 3.05) is 18.9 Å². The fourth-order valence-corrected chi connectivity index (χ4v) is 2.70. The van der Waals surface area contributed by atoms with Crippen LogP contribution in [0.2, 0.25) is 0 Å². The van der Waals surface area contributed by atoms with Crippen molar-refractivity contribution in [2.45, 2.75) is 6.42 Å². The molecule has 0 aromatic carbocycles. The average molecular weight is 340 g/mol. The van der Waals surface area contributed by atoms with Crippen LogP contribution in [0.3, 0.4) is 0 Å². The van der Waals surface area contributed by atoms with Crippen molar-refractivity contribution in [3.05, 3.63) is 44.7 Å². The molecule has 0 fully saturated rings. The van der Waals surface area contributed by atoms with Crippen LogP contribution in [-0.2, 0) is 6.42 Å². The Morgan fingerprint density at radius 3 is 3.05 bits per heavy atom. The van der Waals surface area contributed by atoms with Crippen LogP contribution >= 0.6 is 27.3 Å². The number of carbonyl (C=O) groups is 1. The molecule has 19 heavy (non-hydrogen) atoms. The Bertz CT molecular complexity index is 557. The summed E-state index contributed by atoms with van der Waals surface area (Å²) < 4.78 is 0.787. The largest absolute Gasteiger partial charge is 0.372 e. The lowest BCUT2D eigenvalue weighted by molar-refractivity contribution is 0.0954. The molecule has 2 heterocycles. The van der Waals surface area contributed by atoms with Crippen LogP contribution in [0.15, 0.2) is 34.2 Å².